The fraction of sp³-hybridized carbons (Fsp3) is 0. The number of H-pyrrole nitrogens is 1. The first-order chi connectivity index (χ1) is 9.74. The molecular formula is C16H11FN2O. The highest BCUT2D eigenvalue weighted by Gasteiger charge is 2.08. The highest BCUT2D eigenvalue weighted by molar-refractivity contribution is 6.05. The van der Waals surface area contributed by atoms with Gasteiger partial charge >= 0.3 is 0 Å². The minimum absolute atomic E-state index is 0.249. The van der Waals surface area contributed by atoms with Gasteiger partial charge in [0.05, 0.1) is 11.0 Å². The van der Waals surface area contributed by atoms with Crippen LogP contribution in [-0.2, 0) is 0 Å². The number of nitrogens with zero attached hydrogens (tertiary/aromatic N) is 1. The van der Waals surface area contributed by atoms with Gasteiger partial charge in [-0.05, 0) is 30.4 Å². The molecule has 1 N–H and O–H groups in total. The maximum absolute atomic E-state index is 13.4. The van der Waals surface area contributed by atoms with Crippen molar-refractivity contribution in [3.8, 4) is 0 Å². The fourth-order valence-electron chi connectivity index (χ4n) is 1.92. The number of benzene rings is 2. The lowest BCUT2D eigenvalue weighted by Gasteiger charge is -1.94. The standard InChI is InChI=1S/C16H11FN2O/c17-12-6-2-1-5-11(12)9-10-15(20)16-18-13-7-3-4-8-14(13)19-16/h1-10H,(H,18,19)/b10-9+. The molecule has 0 saturated heterocycles. The summed E-state index contributed by atoms with van der Waals surface area (Å²) < 4.78 is 13.4. The average Bonchev–Trinajstić information content (AvgIpc) is 2.90. The number of para-hydroxylation sites is 2. The van der Waals surface area contributed by atoms with Crippen molar-refractivity contribution in [2.75, 3.05) is 0 Å². The highest BCUT2D eigenvalue weighted by Crippen LogP contribution is 2.12. The van der Waals surface area contributed by atoms with Gasteiger partial charge in [-0.3, -0.25) is 4.79 Å². The molecule has 0 atom stereocenters. The Labute approximate surface area is 114 Å². The van der Waals surface area contributed by atoms with E-state index in [-0.39, 0.29) is 17.4 Å². The third-order valence-electron chi connectivity index (χ3n) is 2.94. The number of fused-ring (bicyclic) bond motifs is 1. The number of nitrogens with one attached hydrogen (secondary N) is 1. The number of carbonyl (C=O) groups is 1. The number of halogens is 1. The molecule has 98 valence electrons. The summed E-state index contributed by atoms with van der Waals surface area (Å²) in [7, 11) is 0. The van der Waals surface area contributed by atoms with Crippen LogP contribution in [0.2, 0.25) is 0 Å². The third-order valence-corrected chi connectivity index (χ3v) is 2.94. The molecule has 20 heavy (non-hydrogen) atoms. The van der Waals surface area contributed by atoms with Gasteiger partial charge in [0.1, 0.15) is 5.82 Å². The Balaban J connectivity index is 1.88. The van der Waals surface area contributed by atoms with E-state index in [0.29, 0.717) is 5.56 Å². The molecule has 1 heterocycles. The predicted molar refractivity (Wildman–Crippen MR) is 75.9 cm³/mol. The molecule has 0 aliphatic carbocycles. The summed E-state index contributed by atoms with van der Waals surface area (Å²) in [6.45, 7) is 0. The van der Waals surface area contributed by atoms with Crippen LogP contribution in [-0.4, -0.2) is 15.8 Å². The Bertz CT molecular complexity index is 772. The van der Waals surface area contributed by atoms with Gasteiger partial charge in [0, 0.05) is 5.56 Å². The van der Waals surface area contributed by atoms with Crippen LogP contribution in [0.25, 0.3) is 17.1 Å². The van der Waals surface area contributed by atoms with Crippen molar-refractivity contribution in [3.05, 3.63) is 71.8 Å². The monoisotopic (exact) mass is 266 g/mol. The number of imidazole rings is 1. The first-order valence-corrected chi connectivity index (χ1v) is 6.16. The molecule has 0 amide bonds. The van der Waals surface area contributed by atoms with E-state index < -0.39 is 0 Å². The minimum atomic E-state index is -0.360. The first kappa shape index (κ1) is 12.3. The van der Waals surface area contributed by atoms with Crippen molar-refractivity contribution in [2.24, 2.45) is 0 Å². The molecule has 0 aliphatic heterocycles. The lowest BCUT2D eigenvalue weighted by molar-refractivity contribution is 0.103. The topological polar surface area (TPSA) is 45.8 Å². The number of aromatic amines is 1. The number of allylic oxidation sites excluding steroid dienone is 1. The number of hydrogen-bond acceptors (Lipinski definition) is 2. The molecule has 4 heteroatoms. The van der Waals surface area contributed by atoms with Crippen LogP contribution in [0.5, 0.6) is 0 Å². The maximum Gasteiger partial charge on any atom is 0.221 e. The number of carbonyl (C=O) groups excluding carboxylic acids is 1. The van der Waals surface area contributed by atoms with Crippen LogP contribution < -0.4 is 0 Å². The molecule has 3 nitrogen and oxygen atoms in total. The summed E-state index contributed by atoms with van der Waals surface area (Å²) in [5.41, 5.74) is 1.90. The summed E-state index contributed by atoms with van der Waals surface area (Å²) in [5, 5.41) is 0. The van der Waals surface area contributed by atoms with E-state index in [4.69, 9.17) is 0 Å². The molecule has 0 saturated carbocycles. The largest absolute Gasteiger partial charge is 0.335 e. The van der Waals surface area contributed by atoms with Gasteiger partial charge in [0.2, 0.25) is 5.78 Å². The van der Waals surface area contributed by atoms with E-state index in [1.165, 1.54) is 18.2 Å². The van der Waals surface area contributed by atoms with Crippen LogP contribution in [0.1, 0.15) is 16.2 Å². The second-order valence-electron chi connectivity index (χ2n) is 4.32. The summed E-state index contributed by atoms with van der Waals surface area (Å²) in [5.74, 6) is -0.399. The van der Waals surface area contributed by atoms with Crippen molar-refractivity contribution in [1.82, 2.24) is 9.97 Å². The molecule has 0 bridgehead atoms. The third kappa shape index (κ3) is 2.36. The zero-order valence-corrected chi connectivity index (χ0v) is 10.5. The van der Waals surface area contributed by atoms with Gasteiger partial charge in [-0.2, -0.15) is 0 Å². The zero-order chi connectivity index (χ0) is 13.9. The molecule has 0 radical (unpaired) electrons. The molecule has 1 aromatic heterocycles. The average molecular weight is 266 g/mol. The Morgan fingerprint density at radius 1 is 1.10 bits per heavy atom. The molecule has 0 spiro atoms. The minimum Gasteiger partial charge on any atom is -0.335 e. The first-order valence-electron chi connectivity index (χ1n) is 6.16. The van der Waals surface area contributed by atoms with Gasteiger partial charge in [-0.15, -0.1) is 0 Å². The van der Waals surface area contributed by atoms with Crippen molar-refractivity contribution in [2.45, 2.75) is 0 Å². The lowest BCUT2D eigenvalue weighted by Crippen LogP contribution is -1.96. The molecule has 0 aliphatic rings. The number of hydrogen-bond donors (Lipinski definition) is 1. The molecule has 2 aromatic carbocycles. The van der Waals surface area contributed by atoms with Crippen LogP contribution >= 0.6 is 0 Å². The van der Waals surface area contributed by atoms with Crippen LogP contribution in [0, 0.1) is 5.82 Å². The van der Waals surface area contributed by atoms with Crippen LogP contribution in [0.4, 0.5) is 4.39 Å². The predicted octanol–water partition coefficient (Wildman–Crippen LogP) is 3.60. The Hall–Kier alpha value is -2.75. The van der Waals surface area contributed by atoms with Gasteiger partial charge in [-0.25, -0.2) is 9.37 Å². The number of aromatic nitrogens is 2. The number of rotatable bonds is 3. The molecule has 3 rings (SSSR count). The van der Waals surface area contributed by atoms with Crippen molar-refractivity contribution >= 4 is 22.9 Å². The van der Waals surface area contributed by atoms with E-state index in [2.05, 4.69) is 9.97 Å². The quantitative estimate of drug-likeness (QED) is 0.581. The Kier molecular flexibility index (Phi) is 3.13. The Morgan fingerprint density at radius 3 is 2.65 bits per heavy atom. The number of ketones is 1. The van der Waals surface area contributed by atoms with Crippen molar-refractivity contribution in [3.63, 3.8) is 0 Å². The van der Waals surface area contributed by atoms with Crippen LogP contribution in [0.15, 0.2) is 54.6 Å². The van der Waals surface area contributed by atoms with Gasteiger partial charge < -0.3 is 4.98 Å². The van der Waals surface area contributed by atoms with E-state index in [9.17, 15) is 9.18 Å². The molecule has 0 unspecified atom stereocenters. The summed E-state index contributed by atoms with van der Waals surface area (Å²) in [6.07, 6.45) is 2.76. The van der Waals surface area contributed by atoms with Gasteiger partial charge in [0.15, 0.2) is 5.82 Å². The van der Waals surface area contributed by atoms with Crippen molar-refractivity contribution in [1.29, 1.82) is 0 Å². The highest BCUT2D eigenvalue weighted by atomic mass is 19.1. The smallest absolute Gasteiger partial charge is 0.221 e. The van der Waals surface area contributed by atoms with Crippen molar-refractivity contribution < 1.29 is 9.18 Å². The summed E-state index contributed by atoms with van der Waals surface area (Å²) in [6, 6.07) is 13.7. The fourth-order valence-corrected chi connectivity index (χ4v) is 1.92. The SMILES string of the molecule is O=C(/C=C/c1ccccc1F)c1nc2ccccc2[nH]1. The second kappa shape index (κ2) is 5.09. The normalized spacial score (nSPS) is 11.2. The van der Waals surface area contributed by atoms with E-state index >= 15 is 0 Å². The van der Waals surface area contributed by atoms with Crippen LogP contribution in [0.3, 0.4) is 0 Å². The van der Waals surface area contributed by atoms with E-state index in [1.807, 2.05) is 24.3 Å². The Morgan fingerprint density at radius 2 is 1.85 bits per heavy atom. The lowest BCUT2D eigenvalue weighted by atomic mass is 10.2. The summed E-state index contributed by atoms with van der Waals surface area (Å²) >= 11 is 0. The molecule has 3 aromatic rings. The van der Waals surface area contributed by atoms with E-state index in [0.717, 1.165) is 11.0 Å². The molecular weight excluding hydrogens is 255 g/mol. The van der Waals surface area contributed by atoms with Gasteiger partial charge in [-0.1, -0.05) is 30.3 Å². The maximum atomic E-state index is 13.4. The zero-order valence-electron chi connectivity index (χ0n) is 10.5. The van der Waals surface area contributed by atoms with E-state index in [1.54, 1.807) is 18.2 Å². The molecule has 0 fully saturated rings. The summed E-state index contributed by atoms with van der Waals surface area (Å²) in [4.78, 5) is 19.1. The van der Waals surface area contributed by atoms with Gasteiger partial charge in [0.25, 0.3) is 0 Å². The second-order valence-corrected chi connectivity index (χ2v) is 4.32.